The van der Waals surface area contributed by atoms with Crippen LogP contribution in [0.5, 0.6) is 0 Å². The summed E-state index contributed by atoms with van der Waals surface area (Å²) >= 11 is 0. The van der Waals surface area contributed by atoms with E-state index in [2.05, 4.69) is 81.9 Å². The number of aryl methyl sites for hydroxylation is 1. The van der Waals surface area contributed by atoms with Gasteiger partial charge in [0.1, 0.15) is 5.82 Å². The molecule has 1 atom stereocenters. The summed E-state index contributed by atoms with van der Waals surface area (Å²) in [5.74, 6) is 1.57. The summed E-state index contributed by atoms with van der Waals surface area (Å²) in [5, 5.41) is 5.59. The minimum Gasteiger partial charge on any atom is -0.486 e. The third kappa shape index (κ3) is 6.56. The summed E-state index contributed by atoms with van der Waals surface area (Å²) in [5.41, 5.74) is 7.05. The van der Waals surface area contributed by atoms with Crippen molar-refractivity contribution in [2.45, 2.75) is 46.3 Å². The van der Waals surface area contributed by atoms with Crippen LogP contribution in [0, 0.1) is 23.9 Å². The summed E-state index contributed by atoms with van der Waals surface area (Å²) in [4.78, 5) is 13.9. The van der Waals surface area contributed by atoms with E-state index in [1.807, 2.05) is 66.3 Å². The Kier molecular flexibility index (Phi) is 9.91. The fourth-order valence-corrected chi connectivity index (χ4v) is 8.07. The first-order valence-corrected chi connectivity index (χ1v) is 20.2. The third-order valence-electron chi connectivity index (χ3n) is 9.47. The average molecular weight is 855 g/mol. The van der Waals surface area contributed by atoms with Crippen LogP contribution in [-0.2, 0) is 27.2 Å². The SMILES string of the molecule is CC(C)C(C)c1cc(-c2[c-]cccc2)ncc1[Si](C)(C)C.Cn1c(-c2[c-]ccc3c2oc2ncc4ccccc4c23)nc2ccc(F)cc21.[Ir]. The van der Waals surface area contributed by atoms with Gasteiger partial charge in [-0.3, -0.25) is 4.98 Å². The van der Waals surface area contributed by atoms with Gasteiger partial charge in [-0.25, -0.2) is 9.37 Å². The molecule has 0 amide bonds. The first kappa shape index (κ1) is 35.3. The fraction of sp³-hybridized carbons (Fsp3) is 0.214. The third-order valence-corrected chi connectivity index (χ3v) is 11.5. The number of hydrogen-bond acceptors (Lipinski definition) is 4. The standard InChI is InChI=1S/C23H13FN3O.C19H26NSi.Ir/c1-27-19-11-14(24)9-10-18(19)26-22(27)17-8-4-7-16-20-15-6-3-2-5-13(15)12-25-23(20)28-21(16)17;1-14(2)15(3)17-12-18(16-10-8-7-9-11-16)20-13-19(17)21(4,5)6;/h2-7,9-12H,1H3;7-10,12-15H,1-6H3;/q2*-1;. The Labute approximate surface area is 307 Å². The topological polar surface area (TPSA) is 56.7 Å². The van der Waals surface area contributed by atoms with Crippen molar-refractivity contribution in [2.24, 2.45) is 13.0 Å². The Hall–Kier alpha value is -4.49. The molecule has 255 valence electrons. The minimum atomic E-state index is -1.38. The summed E-state index contributed by atoms with van der Waals surface area (Å²) in [6.07, 6.45) is 3.94. The predicted molar refractivity (Wildman–Crippen MR) is 202 cm³/mol. The molecule has 0 N–H and O–H groups in total. The van der Waals surface area contributed by atoms with Crippen LogP contribution in [0.3, 0.4) is 0 Å². The van der Waals surface area contributed by atoms with Gasteiger partial charge in [-0.15, -0.1) is 54.1 Å². The molecule has 5 nitrogen and oxygen atoms in total. The molecule has 8 rings (SSSR count). The van der Waals surface area contributed by atoms with Gasteiger partial charge in [0.25, 0.3) is 0 Å². The van der Waals surface area contributed by atoms with Gasteiger partial charge in [0.05, 0.1) is 30.5 Å². The molecule has 0 aliphatic carbocycles. The molecule has 0 bridgehead atoms. The molecule has 0 saturated carbocycles. The first-order chi connectivity index (χ1) is 23.5. The molecule has 0 aliphatic rings. The normalized spacial score (nSPS) is 12.3. The summed E-state index contributed by atoms with van der Waals surface area (Å²) in [6.45, 7) is 14.1. The van der Waals surface area contributed by atoms with Crippen molar-refractivity contribution in [3.05, 3.63) is 121 Å². The number of rotatable bonds is 5. The maximum Gasteiger partial charge on any atom is 0.216 e. The molecule has 8 aromatic rings. The zero-order valence-corrected chi connectivity index (χ0v) is 32.7. The van der Waals surface area contributed by atoms with Crippen LogP contribution in [0.25, 0.3) is 66.5 Å². The number of pyridine rings is 2. The molecule has 50 heavy (non-hydrogen) atoms. The van der Waals surface area contributed by atoms with Gasteiger partial charge in [0.2, 0.25) is 5.71 Å². The monoisotopic (exact) mass is 855 g/mol. The van der Waals surface area contributed by atoms with Crippen molar-refractivity contribution in [2.75, 3.05) is 0 Å². The van der Waals surface area contributed by atoms with Gasteiger partial charge in [0.15, 0.2) is 0 Å². The summed E-state index contributed by atoms with van der Waals surface area (Å²) < 4.78 is 21.7. The Morgan fingerprint density at radius 1 is 0.840 bits per heavy atom. The van der Waals surface area contributed by atoms with E-state index >= 15 is 0 Å². The van der Waals surface area contributed by atoms with Crippen LogP contribution in [-0.4, -0.2) is 27.6 Å². The zero-order chi connectivity index (χ0) is 34.4. The molecule has 4 heterocycles. The van der Waals surface area contributed by atoms with E-state index in [1.165, 1.54) is 22.9 Å². The number of benzene rings is 4. The van der Waals surface area contributed by atoms with Crippen molar-refractivity contribution in [1.29, 1.82) is 0 Å². The maximum atomic E-state index is 13.7. The number of nitrogens with zero attached hydrogens (tertiary/aromatic N) is 4. The molecule has 1 radical (unpaired) electrons. The van der Waals surface area contributed by atoms with Crippen LogP contribution in [0.4, 0.5) is 4.39 Å². The van der Waals surface area contributed by atoms with Gasteiger partial charge in [0, 0.05) is 50.3 Å². The smallest absolute Gasteiger partial charge is 0.216 e. The van der Waals surface area contributed by atoms with Crippen molar-refractivity contribution in [3.8, 4) is 22.6 Å². The Morgan fingerprint density at radius 2 is 1.62 bits per heavy atom. The Bertz CT molecular complexity index is 2460. The van der Waals surface area contributed by atoms with Crippen LogP contribution in [0.1, 0.15) is 32.3 Å². The Balaban J connectivity index is 0.000000177. The molecule has 4 aromatic heterocycles. The van der Waals surface area contributed by atoms with Crippen molar-refractivity contribution in [1.82, 2.24) is 19.5 Å². The van der Waals surface area contributed by atoms with Crippen LogP contribution < -0.4 is 5.19 Å². The maximum absolute atomic E-state index is 13.7. The van der Waals surface area contributed by atoms with E-state index in [-0.39, 0.29) is 25.9 Å². The number of hydrogen-bond donors (Lipinski definition) is 0. The summed E-state index contributed by atoms with van der Waals surface area (Å²) in [6, 6.07) is 33.5. The minimum absolute atomic E-state index is 0. The second-order valence-corrected chi connectivity index (χ2v) is 19.1. The largest absolute Gasteiger partial charge is 0.486 e. The number of imidazole rings is 1. The average Bonchev–Trinajstić information content (AvgIpc) is 3.65. The van der Waals surface area contributed by atoms with Gasteiger partial charge in [-0.1, -0.05) is 87.3 Å². The van der Waals surface area contributed by atoms with Crippen molar-refractivity contribution in [3.63, 3.8) is 0 Å². The van der Waals surface area contributed by atoms with Gasteiger partial charge in [-0.05, 0) is 46.3 Å². The van der Waals surface area contributed by atoms with Crippen molar-refractivity contribution < 1.29 is 28.9 Å². The molecule has 0 aliphatic heterocycles. The van der Waals surface area contributed by atoms with E-state index in [4.69, 9.17) is 14.4 Å². The summed E-state index contributed by atoms with van der Waals surface area (Å²) in [7, 11) is 0.485. The first-order valence-electron chi connectivity index (χ1n) is 16.7. The molecule has 8 heteroatoms. The quantitative estimate of drug-likeness (QED) is 0.128. The number of fused-ring (bicyclic) bond motifs is 6. The second kappa shape index (κ2) is 14.0. The fourth-order valence-electron chi connectivity index (χ4n) is 6.45. The van der Waals surface area contributed by atoms with E-state index in [1.54, 1.807) is 6.07 Å². The second-order valence-electron chi connectivity index (χ2n) is 14.1. The van der Waals surface area contributed by atoms with E-state index in [0.29, 0.717) is 29.0 Å². The van der Waals surface area contributed by atoms with Crippen LogP contribution in [0.15, 0.2) is 102 Å². The molecule has 0 spiro atoms. The molecule has 4 aromatic carbocycles. The molecule has 0 fully saturated rings. The molecule has 1 unspecified atom stereocenters. The van der Waals surface area contributed by atoms with E-state index in [9.17, 15) is 4.39 Å². The molecular weight excluding hydrogens is 816 g/mol. The van der Waals surface area contributed by atoms with Crippen molar-refractivity contribution >= 4 is 57.1 Å². The van der Waals surface area contributed by atoms with Gasteiger partial charge < -0.3 is 14.0 Å². The molecular formula is C42H39FIrN4OSi-2. The Morgan fingerprint density at radius 3 is 2.36 bits per heavy atom. The number of furan rings is 1. The van der Waals surface area contributed by atoms with E-state index < -0.39 is 8.07 Å². The number of aromatic nitrogens is 4. The van der Waals surface area contributed by atoms with Crippen LogP contribution in [0.2, 0.25) is 19.6 Å². The van der Waals surface area contributed by atoms with Gasteiger partial charge in [-0.2, -0.15) is 0 Å². The predicted octanol–water partition coefficient (Wildman–Crippen LogP) is 10.5. The van der Waals surface area contributed by atoms with Gasteiger partial charge >= 0.3 is 0 Å². The molecule has 0 saturated heterocycles. The van der Waals surface area contributed by atoms with Crippen LogP contribution >= 0.6 is 0 Å². The zero-order valence-electron chi connectivity index (χ0n) is 29.3. The number of halogens is 1. The van der Waals surface area contributed by atoms with E-state index in [0.717, 1.165) is 49.4 Å².